The molecule has 0 unspecified atom stereocenters. The van der Waals surface area contributed by atoms with Gasteiger partial charge in [0, 0.05) is 5.69 Å². The number of methoxy groups -OCH3 is 1. The Morgan fingerprint density at radius 3 is 2.80 bits per heavy atom. The third kappa shape index (κ3) is 2.92. The Bertz CT molecular complexity index is 661. The average molecular weight is 294 g/mol. The number of hydrogen-bond acceptors (Lipinski definition) is 5. The van der Waals surface area contributed by atoms with E-state index < -0.39 is 5.97 Å². The van der Waals surface area contributed by atoms with Crippen LogP contribution in [0.15, 0.2) is 30.5 Å². The molecule has 104 valence electrons. The van der Waals surface area contributed by atoms with Crippen molar-refractivity contribution in [1.82, 2.24) is 4.98 Å². The van der Waals surface area contributed by atoms with Crippen LogP contribution in [0.5, 0.6) is 5.75 Å². The zero-order chi connectivity index (χ0) is 14.7. The quantitative estimate of drug-likeness (QED) is 0.802. The summed E-state index contributed by atoms with van der Waals surface area (Å²) >= 11 is 6.00. The molecule has 2 rings (SSSR count). The van der Waals surface area contributed by atoms with Gasteiger partial charge in [0.25, 0.3) is 0 Å². The van der Waals surface area contributed by atoms with Crippen LogP contribution in [-0.4, -0.2) is 23.2 Å². The summed E-state index contributed by atoms with van der Waals surface area (Å²) in [6, 6.07) is 6.32. The van der Waals surface area contributed by atoms with Gasteiger partial charge in [0.1, 0.15) is 17.1 Å². The highest BCUT2D eigenvalue weighted by Crippen LogP contribution is 2.29. The average Bonchev–Trinajstić information content (AvgIpc) is 2.41. The van der Waals surface area contributed by atoms with Gasteiger partial charge in [-0.3, -0.25) is 0 Å². The molecular formula is C13H12ClN3O3. The molecule has 0 aliphatic carbocycles. The standard InChI is InChI=1S/C13H12ClN3O3/c1-20-11-3-2-8(5-10(11)14)17-12-9(13(18)19)4-7(15)6-16-12/h2-6H,15H2,1H3,(H,16,17)(H,18,19). The van der Waals surface area contributed by atoms with Crippen LogP contribution >= 0.6 is 11.6 Å². The molecule has 0 fully saturated rings. The van der Waals surface area contributed by atoms with Gasteiger partial charge in [0.05, 0.1) is 24.0 Å². The third-order valence-electron chi connectivity index (χ3n) is 2.55. The molecule has 20 heavy (non-hydrogen) atoms. The minimum Gasteiger partial charge on any atom is -0.495 e. The highest BCUT2D eigenvalue weighted by molar-refractivity contribution is 6.32. The van der Waals surface area contributed by atoms with Crippen molar-refractivity contribution in [3.05, 3.63) is 41.0 Å². The van der Waals surface area contributed by atoms with E-state index in [2.05, 4.69) is 10.3 Å². The number of halogens is 1. The minimum atomic E-state index is -1.12. The number of aromatic carboxylic acids is 1. The minimum absolute atomic E-state index is 0.0167. The maximum Gasteiger partial charge on any atom is 0.339 e. The second-order valence-corrected chi connectivity index (χ2v) is 4.35. The number of benzene rings is 1. The fourth-order valence-electron chi connectivity index (χ4n) is 1.62. The molecule has 0 aliphatic heterocycles. The van der Waals surface area contributed by atoms with Crippen molar-refractivity contribution in [1.29, 1.82) is 0 Å². The summed E-state index contributed by atoms with van der Waals surface area (Å²) in [7, 11) is 1.51. The number of nitrogen functional groups attached to an aromatic ring is 1. The molecule has 0 bridgehead atoms. The highest BCUT2D eigenvalue weighted by Gasteiger charge is 2.13. The van der Waals surface area contributed by atoms with E-state index in [4.69, 9.17) is 27.2 Å². The number of anilines is 3. The normalized spacial score (nSPS) is 10.1. The van der Waals surface area contributed by atoms with Crippen molar-refractivity contribution in [2.24, 2.45) is 0 Å². The number of ether oxygens (including phenoxy) is 1. The Morgan fingerprint density at radius 2 is 2.20 bits per heavy atom. The van der Waals surface area contributed by atoms with Gasteiger partial charge in [-0.15, -0.1) is 0 Å². The van der Waals surface area contributed by atoms with Crippen molar-refractivity contribution in [3.63, 3.8) is 0 Å². The first-order chi connectivity index (χ1) is 9.51. The van der Waals surface area contributed by atoms with E-state index in [1.807, 2.05) is 0 Å². The number of carboxylic acid groups (broad SMARTS) is 1. The van der Waals surface area contributed by atoms with Gasteiger partial charge in [0.15, 0.2) is 0 Å². The topological polar surface area (TPSA) is 97.5 Å². The van der Waals surface area contributed by atoms with Gasteiger partial charge in [-0.1, -0.05) is 11.6 Å². The van der Waals surface area contributed by atoms with E-state index in [-0.39, 0.29) is 17.1 Å². The van der Waals surface area contributed by atoms with Crippen molar-refractivity contribution < 1.29 is 14.6 Å². The number of carbonyl (C=O) groups is 1. The maximum atomic E-state index is 11.1. The first-order valence-corrected chi connectivity index (χ1v) is 5.98. The predicted molar refractivity (Wildman–Crippen MR) is 76.9 cm³/mol. The second kappa shape index (κ2) is 5.66. The van der Waals surface area contributed by atoms with Crippen LogP contribution in [0.1, 0.15) is 10.4 Å². The molecule has 0 spiro atoms. The van der Waals surface area contributed by atoms with Gasteiger partial charge in [0.2, 0.25) is 0 Å². The van der Waals surface area contributed by atoms with Crippen LogP contribution < -0.4 is 15.8 Å². The molecular weight excluding hydrogens is 282 g/mol. The van der Waals surface area contributed by atoms with Crippen molar-refractivity contribution >= 4 is 34.8 Å². The van der Waals surface area contributed by atoms with E-state index in [9.17, 15) is 4.79 Å². The highest BCUT2D eigenvalue weighted by atomic mass is 35.5. The Labute approximate surface area is 120 Å². The van der Waals surface area contributed by atoms with Crippen LogP contribution in [0, 0.1) is 0 Å². The molecule has 2 aromatic rings. The molecule has 0 saturated heterocycles. The van der Waals surface area contributed by atoms with Crippen LogP contribution in [-0.2, 0) is 0 Å². The Hall–Kier alpha value is -2.47. The molecule has 0 saturated carbocycles. The summed E-state index contributed by atoms with van der Waals surface area (Å²) in [5, 5.41) is 12.4. The molecule has 1 aromatic heterocycles. The summed E-state index contributed by atoms with van der Waals surface area (Å²) in [4.78, 5) is 15.1. The molecule has 7 heteroatoms. The molecule has 1 aromatic carbocycles. The zero-order valence-corrected chi connectivity index (χ0v) is 11.3. The summed E-state index contributed by atoms with van der Waals surface area (Å²) in [6.07, 6.45) is 1.37. The largest absolute Gasteiger partial charge is 0.495 e. The summed E-state index contributed by atoms with van der Waals surface area (Å²) < 4.78 is 5.04. The molecule has 0 amide bonds. The van der Waals surface area contributed by atoms with Crippen molar-refractivity contribution in [2.45, 2.75) is 0 Å². The SMILES string of the molecule is COc1ccc(Nc2ncc(N)cc2C(=O)O)cc1Cl. The predicted octanol–water partition coefficient (Wildman–Crippen LogP) is 2.77. The smallest absolute Gasteiger partial charge is 0.339 e. The molecule has 4 N–H and O–H groups in total. The number of nitrogens with one attached hydrogen (secondary N) is 1. The lowest BCUT2D eigenvalue weighted by molar-refractivity contribution is 0.0697. The van der Waals surface area contributed by atoms with Crippen molar-refractivity contribution in [2.75, 3.05) is 18.2 Å². The second-order valence-electron chi connectivity index (χ2n) is 3.94. The van der Waals surface area contributed by atoms with Crippen molar-refractivity contribution in [3.8, 4) is 5.75 Å². The van der Waals surface area contributed by atoms with Crippen LogP contribution in [0.2, 0.25) is 5.02 Å². The van der Waals surface area contributed by atoms with E-state index in [1.165, 1.54) is 19.4 Å². The molecule has 0 aliphatic rings. The lowest BCUT2D eigenvalue weighted by Crippen LogP contribution is -2.06. The first kappa shape index (κ1) is 14.0. The number of hydrogen-bond donors (Lipinski definition) is 3. The number of pyridine rings is 1. The Balaban J connectivity index is 2.35. The Kier molecular flexibility index (Phi) is 3.95. The van der Waals surface area contributed by atoms with E-state index >= 15 is 0 Å². The number of aromatic nitrogens is 1. The van der Waals surface area contributed by atoms with E-state index in [0.717, 1.165) is 0 Å². The maximum absolute atomic E-state index is 11.1. The van der Waals surface area contributed by atoms with Gasteiger partial charge in [-0.05, 0) is 24.3 Å². The van der Waals surface area contributed by atoms with Gasteiger partial charge in [-0.2, -0.15) is 0 Å². The lowest BCUT2D eigenvalue weighted by Gasteiger charge is -2.10. The fraction of sp³-hybridized carbons (Fsp3) is 0.0769. The fourth-order valence-corrected chi connectivity index (χ4v) is 1.88. The monoisotopic (exact) mass is 293 g/mol. The van der Waals surface area contributed by atoms with E-state index in [0.29, 0.717) is 16.5 Å². The zero-order valence-electron chi connectivity index (χ0n) is 10.6. The Morgan fingerprint density at radius 1 is 1.45 bits per heavy atom. The molecule has 0 atom stereocenters. The lowest BCUT2D eigenvalue weighted by atomic mass is 10.2. The molecule has 6 nitrogen and oxygen atoms in total. The van der Waals surface area contributed by atoms with Gasteiger partial charge in [-0.25, -0.2) is 9.78 Å². The number of nitrogens with two attached hydrogens (primary N) is 1. The molecule has 0 radical (unpaired) electrons. The van der Waals surface area contributed by atoms with Gasteiger partial charge >= 0.3 is 5.97 Å². The third-order valence-corrected chi connectivity index (χ3v) is 2.85. The van der Waals surface area contributed by atoms with E-state index in [1.54, 1.807) is 18.2 Å². The van der Waals surface area contributed by atoms with Crippen LogP contribution in [0.25, 0.3) is 0 Å². The number of nitrogens with zero attached hydrogens (tertiary/aromatic N) is 1. The van der Waals surface area contributed by atoms with Gasteiger partial charge < -0.3 is 20.9 Å². The number of rotatable bonds is 4. The number of carboxylic acids is 1. The summed E-state index contributed by atoms with van der Waals surface area (Å²) in [5.41, 5.74) is 6.38. The summed E-state index contributed by atoms with van der Waals surface area (Å²) in [5.74, 6) is -0.402. The van der Waals surface area contributed by atoms with Crippen LogP contribution in [0.4, 0.5) is 17.2 Å². The van der Waals surface area contributed by atoms with Crippen LogP contribution in [0.3, 0.4) is 0 Å². The summed E-state index contributed by atoms with van der Waals surface area (Å²) in [6.45, 7) is 0. The molecule has 1 heterocycles. The first-order valence-electron chi connectivity index (χ1n) is 5.60.